The lowest BCUT2D eigenvalue weighted by molar-refractivity contribution is -0.121. The first-order valence-electron chi connectivity index (χ1n) is 8.37. The largest absolute Gasteiger partial charge is 0.385 e. The highest BCUT2D eigenvalue weighted by Crippen LogP contribution is 2.17. The van der Waals surface area contributed by atoms with E-state index in [2.05, 4.69) is 10.6 Å². The van der Waals surface area contributed by atoms with Gasteiger partial charge < -0.3 is 15.4 Å². The van der Waals surface area contributed by atoms with Crippen molar-refractivity contribution in [3.05, 3.63) is 71.8 Å². The number of hydrogen-bond acceptors (Lipinski definition) is 3. The second kappa shape index (κ2) is 10.3. The monoisotopic (exact) mass is 340 g/mol. The summed E-state index contributed by atoms with van der Waals surface area (Å²) in [5.41, 5.74) is 1.47. The third kappa shape index (κ3) is 6.39. The molecule has 0 unspecified atom stereocenters. The number of hydrogen-bond donors (Lipinski definition) is 2. The first-order valence-corrected chi connectivity index (χ1v) is 8.37. The maximum Gasteiger partial charge on any atom is 0.251 e. The molecular weight excluding hydrogens is 316 g/mol. The van der Waals surface area contributed by atoms with E-state index in [4.69, 9.17) is 4.74 Å². The van der Waals surface area contributed by atoms with Gasteiger partial charge in [-0.3, -0.25) is 9.59 Å². The number of carbonyl (C=O) groups is 2. The smallest absolute Gasteiger partial charge is 0.251 e. The molecular formula is C20H24N2O3. The van der Waals surface area contributed by atoms with Gasteiger partial charge in [0, 0.05) is 25.8 Å². The van der Waals surface area contributed by atoms with Crippen LogP contribution in [0.5, 0.6) is 0 Å². The van der Waals surface area contributed by atoms with Gasteiger partial charge in [0.05, 0.1) is 12.5 Å². The quantitative estimate of drug-likeness (QED) is 0.690. The van der Waals surface area contributed by atoms with Gasteiger partial charge in [-0.15, -0.1) is 0 Å². The van der Waals surface area contributed by atoms with Crippen molar-refractivity contribution in [2.75, 3.05) is 20.3 Å². The van der Waals surface area contributed by atoms with Crippen molar-refractivity contribution in [2.24, 2.45) is 0 Å². The average Bonchev–Trinajstić information content (AvgIpc) is 2.66. The van der Waals surface area contributed by atoms with Gasteiger partial charge in [-0.25, -0.2) is 0 Å². The van der Waals surface area contributed by atoms with E-state index in [9.17, 15) is 9.59 Å². The van der Waals surface area contributed by atoms with Gasteiger partial charge in [-0.2, -0.15) is 0 Å². The van der Waals surface area contributed by atoms with E-state index in [1.807, 2.05) is 48.5 Å². The summed E-state index contributed by atoms with van der Waals surface area (Å²) >= 11 is 0. The summed E-state index contributed by atoms with van der Waals surface area (Å²) in [7, 11) is 1.63. The van der Waals surface area contributed by atoms with Crippen LogP contribution < -0.4 is 10.6 Å². The van der Waals surface area contributed by atoms with Crippen molar-refractivity contribution in [1.82, 2.24) is 10.6 Å². The SMILES string of the molecule is COCCCNC(=O)C[C@H](NC(=O)c1ccccc1)c1ccccc1. The molecule has 0 heterocycles. The summed E-state index contributed by atoms with van der Waals surface area (Å²) in [5, 5.41) is 5.82. The topological polar surface area (TPSA) is 67.4 Å². The molecule has 25 heavy (non-hydrogen) atoms. The molecule has 0 saturated carbocycles. The zero-order valence-corrected chi connectivity index (χ0v) is 14.4. The van der Waals surface area contributed by atoms with E-state index in [0.717, 1.165) is 12.0 Å². The van der Waals surface area contributed by atoms with Gasteiger partial charge in [-0.1, -0.05) is 48.5 Å². The molecule has 0 aliphatic carbocycles. The Morgan fingerprint density at radius 1 is 1.00 bits per heavy atom. The predicted octanol–water partition coefficient (Wildman–Crippen LogP) is 2.70. The van der Waals surface area contributed by atoms with Crippen molar-refractivity contribution < 1.29 is 14.3 Å². The van der Waals surface area contributed by atoms with Gasteiger partial charge in [0.25, 0.3) is 5.91 Å². The zero-order chi connectivity index (χ0) is 17.9. The summed E-state index contributed by atoms with van der Waals surface area (Å²) in [6, 6.07) is 18.1. The Morgan fingerprint density at radius 3 is 2.28 bits per heavy atom. The lowest BCUT2D eigenvalue weighted by Gasteiger charge is -2.19. The Bertz CT molecular complexity index is 659. The first kappa shape index (κ1) is 18.7. The molecule has 2 aromatic carbocycles. The van der Waals surface area contributed by atoms with Crippen molar-refractivity contribution in [1.29, 1.82) is 0 Å². The van der Waals surface area contributed by atoms with Gasteiger partial charge in [0.1, 0.15) is 0 Å². The summed E-state index contributed by atoms with van der Waals surface area (Å²) < 4.78 is 4.97. The molecule has 5 nitrogen and oxygen atoms in total. The zero-order valence-electron chi connectivity index (χ0n) is 14.4. The summed E-state index contributed by atoms with van der Waals surface area (Å²) in [6.45, 7) is 1.16. The molecule has 132 valence electrons. The first-order chi connectivity index (χ1) is 12.2. The lowest BCUT2D eigenvalue weighted by atomic mass is 10.0. The van der Waals surface area contributed by atoms with Crippen LogP contribution in [0.3, 0.4) is 0 Å². The Kier molecular flexibility index (Phi) is 7.66. The summed E-state index contributed by atoms with van der Waals surface area (Å²) in [6.07, 6.45) is 0.949. The van der Waals surface area contributed by atoms with E-state index < -0.39 is 0 Å². The molecule has 0 aliphatic heterocycles. The fraction of sp³-hybridized carbons (Fsp3) is 0.300. The van der Waals surface area contributed by atoms with Crippen molar-refractivity contribution in [3.63, 3.8) is 0 Å². The van der Waals surface area contributed by atoms with E-state index in [1.54, 1.807) is 19.2 Å². The standard InChI is InChI=1S/C20H24N2O3/c1-25-14-8-13-21-19(23)15-18(16-9-4-2-5-10-16)22-20(24)17-11-6-3-7-12-17/h2-7,9-12,18H,8,13-15H2,1H3,(H,21,23)(H,22,24)/t18-/m0/s1. The summed E-state index contributed by atoms with van der Waals surface area (Å²) in [5.74, 6) is -0.292. The fourth-order valence-corrected chi connectivity index (χ4v) is 2.47. The number of nitrogens with one attached hydrogen (secondary N) is 2. The second-order valence-corrected chi connectivity index (χ2v) is 5.70. The Hall–Kier alpha value is -2.66. The highest BCUT2D eigenvalue weighted by atomic mass is 16.5. The molecule has 0 aliphatic rings. The third-order valence-corrected chi connectivity index (χ3v) is 3.78. The second-order valence-electron chi connectivity index (χ2n) is 5.70. The Balaban J connectivity index is 2.01. The molecule has 0 fully saturated rings. The van der Waals surface area contributed by atoms with E-state index in [0.29, 0.717) is 18.7 Å². The molecule has 0 bridgehead atoms. The van der Waals surface area contributed by atoms with Crippen molar-refractivity contribution in [2.45, 2.75) is 18.9 Å². The van der Waals surface area contributed by atoms with Crippen LogP contribution >= 0.6 is 0 Å². The fourth-order valence-electron chi connectivity index (χ4n) is 2.47. The molecule has 2 aromatic rings. The molecule has 2 rings (SSSR count). The molecule has 2 N–H and O–H groups in total. The van der Waals surface area contributed by atoms with Gasteiger partial charge >= 0.3 is 0 Å². The van der Waals surface area contributed by atoms with Crippen LogP contribution in [0.4, 0.5) is 0 Å². The van der Waals surface area contributed by atoms with Crippen LogP contribution in [0.1, 0.15) is 34.8 Å². The van der Waals surface area contributed by atoms with Crippen LogP contribution in [-0.2, 0) is 9.53 Å². The molecule has 0 aromatic heterocycles. The molecule has 1 atom stereocenters. The van der Waals surface area contributed by atoms with Crippen LogP contribution in [0.25, 0.3) is 0 Å². The van der Waals surface area contributed by atoms with Gasteiger partial charge in [-0.05, 0) is 24.1 Å². The normalized spacial score (nSPS) is 11.6. The molecule has 5 heteroatoms. The molecule has 0 spiro atoms. The number of rotatable bonds is 9. The third-order valence-electron chi connectivity index (χ3n) is 3.78. The van der Waals surface area contributed by atoms with Crippen molar-refractivity contribution >= 4 is 11.8 Å². The maximum atomic E-state index is 12.4. The number of benzene rings is 2. The minimum Gasteiger partial charge on any atom is -0.385 e. The van der Waals surface area contributed by atoms with Crippen LogP contribution in [-0.4, -0.2) is 32.1 Å². The van der Waals surface area contributed by atoms with Gasteiger partial charge in [0.2, 0.25) is 5.91 Å². The predicted molar refractivity (Wildman–Crippen MR) is 97.2 cm³/mol. The molecule has 0 radical (unpaired) electrons. The number of carbonyl (C=O) groups excluding carboxylic acids is 2. The van der Waals surface area contributed by atoms with Gasteiger partial charge in [0.15, 0.2) is 0 Å². The highest BCUT2D eigenvalue weighted by Gasteiger charge is 2.18. The van der Waals surface area contributed by atoms with Crippen LogP contribution in [0.2, 0.25) is 0 Å². The Labute approximate surface area is 148 Å². The van der Waals surface area contributed by atoms with Crippen LogP contribution in [0, 0.1) is 0 Å². The van der Waals surface area contributed by atoms with E-state index >= 15 is 0 Å². The maximum absolute atomic E-state index is 12.4. The highest BCUT2D eigenvalue weighted by molar-refractivity contribution is 5.94. The van der Waals surface area contributed by atoms with E-state index in [1.165, 1.54) is 0 Å². The van der Waals surface area contributed by atoms with E-state index in [-0.39, 0.29) is 24.3 Å². The van der Waals surface area contributed by atoms with Crippen LogP contribution in [0.15, 0.2) is 60.7 Å². The minimum absolute atomic E-state index is 0.0988. The molecule has 0 saturated heterocycles. The Morgan fingerprint density at radius 2 is 1.64 bits per heavy atom. The van der Waals surface area contributed by atoms with Crippen molar-refractivity contribution in [3.8, 4) is 0 Å². The molecule has 2 amide bonds. The average molecular weight is 340 g/mol. The summed E-state index contributed by atoms with van der Waals surface area (Å²) in [4.78, 5) is 24.7. The minimum atomic E-state index is -0.378. The number of amides is 2. The number of methoxy groups -OCH3 is 1. The lowest BCUT2D eigenvalue weighted by Crippen LogP contribution is -2.34. The number of ether oxygens (including phenoxy) is 1.